The monoisotopic (exact) mass is 435 g/mol. The number of nitrogens with one attached hydrogen (secondary N) is 2. The van der Waals surface area contributed by atoms with Crippen LogP contribution < -0.4 is 10.6 Å². The number of rotatable bonds is 3. The molecule has 0 aromatic heterocycles. The number of carbonyl (C=O) groups is 2. The molecule has 0 unspecified atom stereocenters. The molecule has 5 nitrogen and oxygen atoms in total. The first-order valence-corrected chi connectivity index (χ1v) is 10.1. The SMILES string of the molecule is O=C(NC(=S)Nc1cccc(C(=O)N2CCCCC2)c1)c1cc(Cl)cc(Cl)c1. The third kappa shape index (κ3) is 5.44. The van der Waals surface area contributed by atoms with Crippen LogP contribution in [0.1, 0.15) is 40.0 Å². The Morgan fingerprint density at radius 2 is 1.61 bits per heavy atom. The summed E-state index contributed by atoms with van der Waals surface area (Å²) in [4.78, 5) is 26.8. The Labute approximate surface area is 179 Å². The molecule has 0 bridgehead atoms. The molecule has 28 heavy (non-hydrogen) atoms. The van der Waals surface area contributed by atoms with E-state index in [4.69, 9.17) is 35.4 Å². The average molecular weight is 436 g/mol. The summed E-state index contributed by atoms with van der Waals surface area (Å²) in [5.74, 6) is -0.422. The lowest BCUT2D eigenvalue weighted by Crippen LogP contribution is -2.36. The van der Waals surface area contributed by atoms with Crippen molar-refractivity contribution in [2.24, 2.45) is 0 Å². The second-order valence-electron chi connectivity index (χ2n) is 6.50. The number of likely N-dealkylation sites (tertiary alicyclic amines) is 1. The zero-order chi connectivity index (χ0) is 20.1. The maximum Gasteiger partial charge on any atom is 0.257 e. The summed E-state index contributed by atoms with van der Waals surface area (Å²) in [5.41, 5.74) is 1.51. The molecule has 0 saturated carbocycles. The molecule has 8 heteroatoms. The highest BCUT2D eigenvalue weighted by Crippen LogP contribution is 2.19. The first kappa shape index (κ1) is 20.6. The fourth-order valence-corrected chi connectivity index (χ4v) is 3.77. The Morgan fingerprint density at radius 1 is 0.929 bits per heavy atom. The van der Waals surface area contributed by atoms with Crippen LogP contribution in [0.2, 0.25) is 10.0 Å². The molecule has 1 heterocycles. The molecule has 0 spiro atoms. The zero-order valence-corrected chi connectivity index (χ0v) is 17.3. The van der Waals surface area contributed by atoms with Gasteiger partial charge in [0.1, 0.15) is 0 Å². The third-order valence-electron chi connectivity index (χ3n) is 4.36. The van der Waals surface area contributed by atoms with Crippen LogP contribution in [-0.2, 0) is 0 Å². The Bertz CT molecular complexity index is 894. The van der Waals surface area contributed by atoms with Crippen LogP contribution in [0.4, 0.5) is 5.69 Å². The first-order chi connectivity index (χ1) is 13.4. The van der Waals surface area contributed by atoms with E-state index in [9.17, 15) is 9.59 Å². The van der Waals surface area contributed by atoms with E-state index in [0.29, 0.717) is 26.9 Å². The van der Waals surface area contributed by atoms with Crippen LogP contribution >= 0.6 is 35.4 Å². The van der Waals surface area contributed by atoms with Crippen LogP contribution in [-0.4, -0.2) is 34.9 Å². The number of thiocarbonyl (C=S) groups is 1. The van der Waals surface area contributed by atoms with E-state index in [-0.39, 0.29) is 11.0 Å². The molecular weight excluding hydrogens is 417 g/mol. The van der Waals surface area contributed by atoms with Gasteiger partial charge in [0.15, 0.2) is 5.11 Å². The third-order valence-corrected chi connectivity index (χ3v) is 5.00. The van der Waals surface area contributed by atoms with Gasteiger partial charge in [-0.05, 0) is 67.9 Å². The van der Waals surface area contributed by atoms with Crippen molar-refractivity contribution in [2.75, 3.05) is 18.4 Å². The second-order valence-corrected chi connectivity index (χ2v) is 7.78. The molecule has 1 aliphatic rings. The maximum atomic E-state index is 12.6. The minimum atomic E-state index is -0.428. The predicted molar refractivity (Wildman–Crippen MR) is 116 cm³/mol. The normalized spacial score (nSPS) is 13.7. The van der Waals surface area contributed by atoms with Crippen molar-refractivity contribution in [3.63, 3.8) is 0 Å². The highest BCUT2D eigenvalue weighted by Gasteiger charge is 2.18. The number of piperidine rings is 1. The van der Waals surface area contributed by atoms with E-state index in [0.717, 1.165) is 32.4 Å². The molecule has 0 radical (unpaired) electrons. The molecule has 3 rings (SSSR count). The number of amides is 2. The highest BCUT2D eigenvalue weighted by atomic mass is 35.5. The quantitative estimate of drug-likeness (QED) is 0.682. The van der Waals surface area contributed by atoms with Crippen LogP contribution in [0.25, 0.3) is 0 Å². The lowest BCUT2D eigenvalue weighted by Gasteiger charge is -2.26. The number of anilines is 1. The van der Waals surface area contributed by atoms with Crippen LogP contribution in [0, 0.1) is 0 Å². The van der Waals surface area contributed by atoms with Crippen LogP contribution in [0.15, 0.2) is 42.5 Å². The van der Waals surface area contributed by atoms with Crippen molar-refractivity contribution in [3.8, 4) is 0 Å². The van der Waals surface area contributed by atoms with Crippen molar-refractivity contribution < 1.29 is 9.59 Å². The fraction of sp³-hybridized carbons (Fsp3) is 0.250. The summed E-state index contributed by atoms with van der Waals surface area (Å²) >= 11 is 17.1. The smallest absolute Gasteiger partial charge is 0.257 e. The number of benzene rings is 2. The van der Waals surface area contributed by atoms with Gasteiger partial charge in [-0.2, -0.15) is 0 Å². The molecule has 1 saturated heterocycles. The fourth-order valence-electron chi connectivity index (χ4n) is 3.03. The minimum Gasteiger partial charge on any atom is -0.339 e. The maximum absolute atomic E-state index is 12.6. The van der Waals surface area contributed by atoms with Gasteiger partial charge in [0.05, 0.1) is 0 Å². The standard InChI is InChI=1S/C20H19Cl2N3O2S/c21-15-9-14(10-16(22)12-15)18(26)24-20(28)23-17-6-4-5-13(11-17)19(27)25-7-2-1-3-8-25/h4-6,9-12H,1-3,7-8H2,(H2,23,24,26,28). The van der Waals surface area contributed by atoms with Gasteiger partial charge in [0.2, 0.25) is 0 Å². The molecule has 2 amide bonds. The molecule has 0 atom stereocenters. The van der Waals surface area contributed by atoms with E-state index in [2.05, 4.69) is 10.6 Å². The zero-order valence-electron chi connectivity index (χ0n) is 15.0. The van der Waals surface area contributed by atoms with E-state index in [1.54, 1.807) is 30.3 Å². The van der Waals surface area contributed by atoms with Gasteiger partial charge < -0.3 is 10.2 Å². The van der Waals surface area contributed by atoms with Gasteiger partial charge in [-0.3, -0.25) is 14.9 Å². The first-order valence-electron chi connectivity index (χ1n) is 8.90. The highest BCUT2D eigenvalue weighted by molar-refractivity contribution is 7.80. The van der Waals surface area contributed by atoms with Crippen LogP contribution in [0.3, 0.4) is 0 Å². The minimum absolute atomic E-state index is 0.00636. The number of hydrogen-bond acceptors (Lipinski definition) is 3. The largest absolute Gasteiger partial charge is 0.339 e. The van der Waals surface area contributed by atoms with Crippen molar-refractivity contribution in [1.82, 2.24) is 10.2 Å². The predicted octanol–water partition coefficient (Wildman–Crippen LogP) is 4.75. The summed E-state index contributed by atoms with van der Waals surface area (Å²) < 4.78 is 0. The summed E-state index contributed by atoms with van der Waals surface area (Å²) in [6, 6.07) is 11.6. The van der Waals surface area contributed by atoms with E-state index in [1.165, 1.54) is 12.1 Å². The number of carbonyl (C=O) groups excluding carboxylic acids is 2. The van der Waals surface area contributed by atoms with E-state index in [1.807, 2.05) is 4.90 Å². The summed E-state index contributed by atoms with van der Waals surface area (Å²) in [6.45, 7) is 1.57. The van der Waals surface area contributed by atoms with Gasteiger partial charge in [-0.25, -0.2) is 0 Å². The van der Waals surface area contributed by atoms with E-state index >= 15 is 0 Å². The van der Waals surface area contributed by atoms with E-state index < -0.39 is 5.91 Å². The number of halogens is 2. The molecule has 0 aliphatic carbocycles. The van der Waals surface area contributed by atoms with Gasteiger partial charge in [0.25, 0.3) is 11.8 Å². The van der Waals surface area contributed by atoms with Crippen molar-refractivity contribution >= 4 is 58.0 Å². The summed E-state index contributed by atoms with van der Waals surface area (Å²) in [7, 11) is 0. The summed E-state index contributed by atoms with van der Waals surface area (Å²) in [6.07, 6.45) is 3.23. The summed E-state index contributed by atoms with van der Waals surface area (Å²) in [5, 5.41) is 6.35. The number of nitrogens with zero attached hydrogens (tertiary/aromatic N) is 1. The topological polar surface area (TPSA) is 61.4 Å². The lowest BCUT2D eigenvalue weighted by molar-refractivity contribution is 0.0724. The molecule has 2 N–H and O–H groups in total. The van der Waals surface area contributed by atoms with Gasteiger partial charge in [0, 0.05) is 39.9 Å². The lowest BCUT2D eigenvalue weighted by atomic mass is 10.1. The van der Waals surface area contributed by atoms with Gasteiger partial charge in [-0.15, -0.1) is 0 Å². The van der Waals surface area contributed by atoms with Gasteiger partial charge >= 0.3 is 0 Å². The molecular formula is C20H19Cl2N3O2S. The molecule has 2 aromatic carbocycles. The molecule has 2 aromatic rings. The van der Waals surface area contributed by atoms with Crippen molar-refractivity contribution in [3.05, 3.63) is 63.6 Å². The Morgan fingerprint density at radius 3 is 2.29 bits per heavy atom. The molecule has 1 aliphatic heterocycles. The Kier molecular flexibility index (Phi) is 6.88. The van der Waals surface area contributed by atoms with Crippen molar-refractivity contribution in [2.45, 2.75) is 19.3 Å². The Balaban J connectivity index is 1.64. The second kappa shape index (κ2) is 9.37. The average Bonchev–Trinajstić information content (AvgIpc) is 2.67. The van der Waals surface area contributed by atoms with Crippen molar-refractivity contribution in [1.29, 1.82) is 0 Å². The molecule has 1 fully saturated rings. The van der Waals surface area contributed by atoms with Gasteiger partial charge in [-0.1, -0.05) is 29.3 Å². The number of hydrogen-bond donors (Lipinski definition) is 2. The Hall–Kier alpha value is -2.15. The van der Waals surface area contributed by atoms with Crippen LogP contribution in [0.5, 0.6) is 0 Å². The molecule has 146 valence electrons.